The average molecular weight is 277 g/mol. The Morgan fingerprint density at radius 2 is 2.15 bits per heavy atom. The van der Waals surface area contributed by atoms with E-state index in [2.05, 4.69) is 30.4 Å². The first-order valence-electron chi connectivity index (χ1n) is 7.86. The van der Waals surface area contributed by atoms with Crippen LogP contribution in [0, 0.1) is 0 Å². The van der Waals surface area contributed by atoms with Crippen molar-refractivity contribution in [2.24, 2.45) is 0 Å². The van der Waals surface area contributed by atoms with Gasteiger partial charge in [-0.05, 0) is 49.9 Å². The van der Waals surface area contributed by atoms with E-state index in [1.54, 1.807) is 0 Å². The number of hydrogen-bond acceptors (Lipinski definition) is 3. The summed E-state index contributed by atoms with van der Waals surface area (Å²) in [5.41, 5.74) is 2.79. The Bertz CT molecular complexity index is 406. The first-order valence-corrected chi connectivity index (χ1v) is 7.86. The lowest BCUT2D eigenvalue weighted by atomic mass is 9.87. The fraction of sp³-hybridized carbons (Fsp3) is 0.647. The molecule has 20 heavy (non-hydrogen) atoms. The summed E-state index contributed by atoms with van der Waals surface area (Å²) in [6, 6.07) is 6.88. The second-order valence-electron chi connectivity index (χ2n) is 5.37. The monoisotopic (exact) mass is 277 g/mol. The molecule has 1 aromatic rings. The minimum atomic E-state index is 0.475. The second kappa shape index (κ2) is 8.28. The molecule has 0 heterocycles. The van der Waals surface area contributed by atoms with Crippen molar-refractivity contribution in [2.75, 3.05) is 26.9 Å². The summed E-state index contributed by atoms with van der Waals surface area (Å²) in [4.78, 5) is 0. The summed E-state index contributed by atoms with van der Waals surface area (Å²) in [6.45, 7) is 4.34. The molecule has 0 amide bonds. The topological polar surface area (TPSA) is 30.5 Å². The van der Waals surface area contributed by atoms with Crippen LogP contribution in [0.3, 0.4) is 0 Å². The molecule has 0 saturated heterocycles. The number of hydrogen-bond donors (Lipinski definition) is 1. The molecular weight excluding hydrogens is 250 g/mol. The molecule has 0 bridgehead atoms. The van der Waals surface area contributed by atoms with Gasteiger partial charge in [-0.2, -0.15) is 0 Å². The maximum Gasteiger partial charge on any atom is 0.122 e. The molecular formula is C17H27NO2. The third-order valence-electron chi connectivity index (χ3n) is 3.94. The lowest BCUT2D eigenvalue weighted by molar-refractivity contribution is 0.0976. The van der Waals surface area contributed by atoms with Gasteiger partial charge in [-0.15, -0.1) is 0 Å². The van der Waals surface area contributed by atoms with E-state index in [-0.39, 0.29) is 0 Å². The van der Waals surface area contributed by atoms with Crippen molar-refractivity contribution in [3.63, 3.8) is 0 Å². The highest BCUT2D eigenvalue weighted by Crippen LogP contribution is 2.35. The Morgan fingerprint density at radius 1 is 1.25 bits per heavy atom. The van der Waals surface area contributed by atoms with Crippen molar-refractivity contribution >= 4 is 0 Å². The minimum Gasteiger partial charge on any atom is -0.491 e. The maximum atomic E-state index is 5.92. The fourth-order valence-electron chi connectivity index (χ4n) is 2.81. The maximum absolute atomic E-state index is 5.92. The van der Waals surface area contributed by atoms with Gasteiger partial charge in [0.25, 0.3) is 0 Å². The highest BCUT2D eigenvalue weighted by molar-refractivity contribution is 5.43. The summed E-state index contributed by atoms with van der Waals surface area (Å²) in [7, 11) is 2.04. The third-order valence-corrected chi connectivity index (χ3v) is 3.94. The zero-order valence-electron chi connectivity index (χ0n) is 12.8. The van der Waals surface area contributed by atoms with E-state index in [9.17, 15) is 0 Å². The van der Waals surface area contributed by atoms with Gasteiger partial charge in [0, 0.05) is 12.6 Å². The van der Waals surface area contributed by atoms with E-state index >= 15 is 0 Å². The molecule has 0 saturated carbocycles. The van der Waals surface area contributed by atoms with Gasteiger partial charge in [0.15, 0.2) is 0 Å². The number of benzene rings is 1. The van der Waals surface area contributed by atoms with Crippen LogP contribution in [0.2, 0.25) is 0 Å². The van der Waals surface area contributed by atoms with Gasteiger partial charge in [-0.3, -0.25) is 0 Å². The molecule has 0 aromatic heterocycles. The third kappa shape index (κ3) is 3.97. The first-order chi connectivity index (χ1) is 9.86. The standard InChI is InChI=1S/C17H27NO2/c1-3-4-11-19-12-13-20-17-10-6-7-14-15(17)8-5-9-16(14)18-2/h6-7,10,16,18H,3-5,8-9,11-13H2,1-2H3. The summed E-state index contributed by atoms with van der Waals surface area (Å²) in [5, 5.41) is 3.40. The van der Waals surface area contributed by atoms with Crippen molar-refractivity contribution < 1.29 is 9.47 Å². The van der Waals surface area contributed by atoms with Crippen LogP contribution in [-0.4, -0.2) is 26.9 Å². The molecule has 1 N–H and O–H groups in total. The van der Waals surface area contributed by atoms with E-state index in [1.807, 2.05) is 7.05 Å². The molecule has 0 aliphatic heterocycles. The Morgan fingerprint density at radius 3 is 2.95 bits per heavy atom. The van der Waals surface area contributed by atoms with Crippen molar-refractivity contribution in [1.29, 1.82) is 0 Å². The average Bonchev–Trinajstić information content (AvgIpc) is 2.50. The van der Waals surface area contributed by atoms with Crippen LogP contribution < -0.4 is 10.1 Å². The van der Waals surface area contributed by atoms with Crippen molar-refractivity contribution in [2.45, 2.75) is 45.1 Å². The molecule has 1 aliphatic rings. The SMILES string of the molecule is CCCCOCCOc1cccc2c1CCCC2NC. The van der Waals surface area contributed by atoms with Crippen LogP contribution in [0.1, 0.15) is 49.8 Å². The second-order valence-corrected chi connectivity index (χ2v) is 5.37. The fourth-order valence-corrected chi connectivity index (χ4v) is 2.81. The molecule has 1 atom stereocenters. The highest BCUT2D eigenvalue weighted by atomic mass is 16.5. The smallest absolute Gasteiger partial charge is 0.122 e. The van der Waals surface area contributed by atoms with Crippen molar-refractivity contribution in [3.05, 3.63) is 29.3 Å². The molecule has 3 nitrogen and oxygen atoms in total. The van der Waals surface area contributed by atoms with Gasteiger partial charge < -0.3 is 14.8 Å². The molecule has 1 aromatic carbocycles. The molecule has 0 spiro atoms. The normalized spacial score (nSPS) is 17.8. The summed E-state index contributed by atoms with van der Waals surface area (Å²) in [6.07, 6.45) is 5.88. The number of rotatable bonds is 8. The van der Waals surface area contributed by atoms with Gasteiger partial charge in [0.2, 0.25) is 0 Å². The zero-order valence-corrected chi connectivity index (χ0v) is 12.8. The largest absolute Gasteiger partial charge is 0.491 e. The Kier molecular flexibility index (Phi) is 6.34. The predicted molar refractivity (Wildman–Crippen MR) is 82.4 cm³/mol. The van der Waals surface area contributed by atoms with E-state index in [1.165, 1.54) is 30.4 Å². The highest BCUT2D eigenvalue weighted by Gasteiger charge is 2.21. The number of fused-ring (bicyclic) bond motifs is 1. The Labute approximate surface area is 122 Å². The van der Waals surface area contributed by atoms with Gasteiger partial charge >= 0.3 is 0 Å². The number of unbranched alkanes of at least 4 members (excludes halogenated alkanes) is 1. The minimum absolute atomic E-state index is 0.475. The summed E-state index contributed by atoms with van der Waals surface area (Å²) < 4.78 is 11.5. The van der Waals surface area contributed by atoms with E-state index < -0.39 is 0 Å². The lowest BCUT2D eigenvalue weighted by Crippen LogP contribution is -2.22. The lowest BCUT2D eigenvalue weighted by Gasteiger charge is -2.26. The van der Waals surface area contributed by atoms with E-state index in [0.29, 0.717) is 19.3 Å². The predicted octanol–water partition coefficient (Wildman–Crippen LogP) is 3.48. The van der Waals surface area contributed by atoms with Crippen LogP contribution in [0.4, 0.5) is 0 Å². The molecule has 112 valence electrons. The molecule has 0 radical (unpaired) electrons. The Hall–Kier alpha value is -1.06. The van der Waals surface area contributed by atoms with E-state index in [0.717, 1.165) is 25.2 Å². The molecule has 1 unspecified atom stereocenters. The Balaban J connectivity index is 1.89. The number of ether oxygens (including phenoxy) is 2. The zero-order chi connectivity index (χ0) is 14.2. The number of nitrogens with one attached hydrogen (secondary N) is 1. The summed E-state index contributed by atoms with van der Waals surface area (Å²) >= 11 is 0. The van der Waals surface area contributed by atoms with Gasteiger partial charge in [-0.25, -0.2) is 0 Å². The molecule has 0 fully saturated rings. The van der Waals surface area contributed by atoms with Crippen LogP contribution in [0.15, 0.2) is 18.2 Å². The van der Waals surface area contributed by atoms with Crippen LogP contribution in [0.25, 0.3) is 0 Å². The van der Waals surface area contributed by atoms with Crippen molar-refractivity contribution in [3.8, 4) is 5.75 Å². The van der Waals surface area contributed by atoms with Crippen molar-refractivity contribution in [1.82, 2.24) is 5.32 Å². The quantitative estimate of drug-likeness (QED) is 0.738. The van der Waals surface area contributed by atoms with Crippen LogP contribution in [0.5, 0.6) is 5.75 Å². The first kappa shape index (κ1) is 15.3. The van der Waals surface area contributed by atoms with Crippen LogP contribution in [-0.2, 0) is 11.2 Å². The summed E-state index contributed by atoms with van der Waals surface area (Å²) in [5.74, 6) is 1.04. The van der Waals surface area contributed by atoms with Gasteiger partial charge in [-0.1, -0.05) is 25.5 Å². The van der Waals surface area contributed by atoms with Crippen LogP contribution >= 0.6 is 0 Å². The van der Waals surface area contributed by atoms with Gasteiger partial charge in [0.05, 0.1) is 6.61 Å². The molecule has 2 rings (SSSR count). The molecule has 1 aliphatic carbocycles. The van der Waals surface area contributed by atoms with Gasteiger partial charge in [0.1, 0.15) is 12.4 Å². The molecule has 3 heteroatoms. The van der Waals surface area contributed by atoms with E-state index in [4.69, 9.17) is 9.47 Å².